The number of carbonyl (C=O) groups is 1. The minimum atomic E-state index is 0.0422. The Bertz CT molecular complexity index is 641. The first-order valence-corrected chi connectivity index (χ1v) is 13.3. The van der Waals surface area contributed by atoms with E-state index >= 15 is 0 Å². The number of urea groups is 1. The number of piperidine rings is 1. The number of hydrogen-bond donors (Lipinski definition) is 1. The molecule has 1 atom stereocenters. The first kappa shape index (κ1) is 27.6. The van der Waals surface area contributed by atoms with Crippen LogP contribution in [0.4, 0.5) is 4.79 Å². The summed E-state index contributed by atoms with van der Waals surface area (Å²) >= 11 is 0. The highest BCUT2D eigenvalue weighted by Gasteiger charge is 2.18. The molecule has 1 N–H and O–H groups in total. The third-order valence-electron chi connectivity index (χ3n) is 7.24. The van der Waals surface area contributed by atoms with Crippen LogP contribution in [0.25, 0.3) is 0 Å². The van der Waals surface area contributed by atoms with E-state index in [-0.39, 0.29) is 6.03 Å². The van der Waals surface area contributed by atoms with Crippen molar-refractivity contribution in [3.63, 3.8) is 0 Å². The second-order valence-electron chi connectivity index (χ2n) is 9.33. The lowest BCUT2D eigenvalue weighted by Gasteiger charge is -2.33. The Morgan fingerprint density at radius 2 is 1.42 bits per heavy atom. The summed E-state index contributed by atoms with van der Waals surface area (Å²) in [6.07, 6.45) is 3.98. The van der Waals surface area contributed by atoms with Gasteiger partial charge in [0.05, 0.1) is 0 Å². The van der Waals surface area contributed by atoms with Crippen molar-refractivity contribution in [2.24, 2.45) is 0 Å². The van der Waals surface area contributed by atoms with E-state index in [1.807, 2.05) is 4.90 Å². The largest absolute Gasteiger partial charge is 0.334 e. The monoisotopic (exact) mass is 459 g/mol. The van der Waals surface area contributed by atoms with Crippen LogP contribution in [0, 0.1) is 0 Å². The Balaban J connectivity index is 1.88. The van der Waals surface area contributed by atoms with E-state index in [0.29, 0.717) is 12.6 Å². The number of likely N-dealkylation sites (tertiary alicyclic amines) is 1. The van der Waals surface area contributed by atoms with E-state index in [0.717, 1.165) is 64.5 Å². The molecule has 0 spiro atoms. The Hall–Kier alpha value is -1.63. The van der Waals surface area contributed by atoms with Crippen molar-refractivity contribution in [2.45, 2.75) is 73.0 Å². The molecule has 0 saturated carbocycles. The van der Waals surface area contributed by atoms with Gasteiger partial charge < -0.3 is 20.0 Å². The van der Waals surface area contributed by atoms with Gasteiger partial charge in [-0.2, -0.15) is 0 Å². The molecule has 0 aliphatic carbocycles. The number of benzene rings is 1. The average molecular weight is 460 g/mol. The molecule has 1 aliphatic rings. The number of nitrogens with zero attached hydrogens (tertiary/aromatic N) is 4. The number of amides is 2. The Kier molecular flexibility index (Phi) is 12.8. The molecule has 0 aromatic heterocycles. The van der Waals surface area contributed by atoms with Crippen LogP contribution < -0.4 is 5.32 Å². The van der Waals surface area contributed by atoms with Crippen LogP contribution in [0.3, 0.4) is 0 Å². The van der Waals surface area contributed by atoms with Gasteiger partial charge in [0.1, 0.15) is 0 Å². The first-order chi connectivity index (χ1) is 16.0. The topological polar surface area (TPSA) is 42.1 Å². The summed E-state index contributed by atoms with van der Waals surface area (Å²) in [5.74, 6) is 0. The SMILES string of the molecule is CCN(CC)CCN(CCN(CC)CC)C(=O)NCc1ccc(CN2CCCCC2C)cc1. The van der Waals surface area contributed by atoms with Gasteiger partial charge in [-0.15, -0.1) is 0 Å². The summed E-state index contributed by atoms with van der Waals surface area (Å²) < 4.78 is 0. The second kappa shape index (κ2) is 15.3. The van der Waals surface area contributed by atoms with Gasteiger partial charge >= 0.3 is 6.03 Å². The van der Waals surface area contributed by atoms with Crippen molar-refractivity contribution in [1.29, 1.82) is 0 Å². The number of hydrogen-bond acceptors (Lipinski definition) is 4. The normalized spacial score (nSPS) is 17.0. The lowest BCUT2D eigenvalue weighted by Crippen LogP contribution is -2.46. The highest BCUT2D eigenvalue weighted by molar-refractivity contribution is 5.74. The minimum absolute atomic E-state index is 0.0422. The van der Waals surface area contributed by atoms with E-state index in [9.17, 15) is 4.79 Å². The van der Waals surface area contributed by atoms with E-state index in [2.05, 4.69) is 78.9 Å². The van der Waals surface area contributed by atoms with Gasteiger partial charge in [0, 0.05) is 45.3 Å². The van der Waals surface area contributed by atoms with E-state index in [4.69, 9.17) is 0 Å². The fraction of sp³-hybridized carbons (Fsp3) is 0.741. The third-order valence-corrected chi connectivity index (χ3v) is 7.24. The van der Waals surface area contributed by atoms with Crippen LogP contribution in [-0.2, 0) is 13.1 Å². The highest BCUT2D eigenvalue weighted by Crippen LogP contribution is 2.19. The van der Waals surface area contributed by atoms with Gasteiger partial charge in [-0.25, -0.2) is 4.79 Å². The molecule has 2 rings (SSSR count). The second-order valence-corrected chi connectivity index (χ2v) is 9.33. The molecule has 1 heterocycles. The zero-order valence-corrected chi connectivity index (χ0v) is 22.0. The molecule has 1 unspecified atom stereocenters. The summed E-state index contributed by atoms with van der Waals surface area (Å²) in [6, 6.07) is 9.50. The molecule has 1 aromatic carbocycles. The maximum absolute atomic E-state index is 13.0. The summed E-state index contributed by atoms with van der Waals surface area (Å²) in [7, 11) is 0. The summed E-state index contributed by atoms with van der Waals surface area (Å²) in [6.45, 7) is 21.3. The van der Waals surface area contributed by atoms with E-state index < -0.39 is 0 Å². The molecule has 1 saturated heterocycles. The average Bonchev–Trinajstić information content (AvgIpc) is 2.84. The van der Waals surface area contributed by atoms with Crippen molar-refractivity contribution in [3.8, 4) is 0 Å². The maximum atomic E-state index is 13.0. The summed E-state index contributed by atoms with van der Waals surface area (Å²) in [5, 5.41) is 3.17. The first-order valence-electron chi connectivity index (χ1n) is 13.3. The molecule has 6 heteroatoms. The van der Waals surface area contributed by atoms with Crippen LogP contribution in [0.2, 0.25) is 0 Å². The fourth-order valence-corrected chi connectivity index (χ4v) is 4.60. The molecule has 33 heavy (non-hydrogen) atoms. The zero-order valence-electron chi connectivity index (χ0n) is 22.0. The molecule has 1 aromatic rings. The molecule has 1 aliphatic heterocycles. The number of likely N-dealkylation sites (N-methyl/N-ethyl adjacent to an activating group) is 2. The maximum Gasteiger partial charge on any atom is 0.317 e. The Morgan fingerprint density at radius 1 is 0.879 bits per heavy atom. The molecule has 1 fully saturated rings. The van der Waals surface area contributed by atoms with Crippen LogP contribution in [0.5, 0.6) is 0 Å². The third kappa shape index (κ3) is 9.63. The van der Waals surface area contributed by atoms with Crippen molar-refractivity contribution in [2.75, 3.05) is 58.9 Å². The van der Waals surface area contributed by atoms with Gasteiger partial charge in [-0.3, -0.25) is 4.90 Å². The van der Waals surface area contributed by atoms with Crippen molar-refractivity contribution < 1.29 is 4.79 Å². The Morgan fingerprint density at radius 3 is 1.94 bits per heavy atom. The standard InChI is InChI=1S/C27H49N5O/c1-6-29(7-2)18-20-31(21-19-30(8-3)9-4)27(33)28-22-25-13-15-26(16-14-25)23-32-17-11-10-12-24(32)5/h13-16,24H,6-12,17-23H2,1-5H3,(H,28,33). The summed E-state index contributed by atoms with van der Waals surface area (Å²) in [5.41, 5.74) is 2.52. The predicted octanol–water partition coefficient (Wildman–Crippen LogP) is 4.26. The number of nitrogens with one attached hydrogen (secondary N) is 1. The molecular formula is C27H49N5O. The van der Waals surface area contributed by atoms with Crippen molar-refractivity contribution in [1.82, 2.24) is 24.9 Å². The molecule has 2 amide bonds. The lowest BCUT2D eigenvalue weighted by atomic mass is 10.0. The van der Waals surface area contributed by atoms with Crippen molar-refractivity contribution >= 4 is 6.03 Å². The lowest BCUT2D eigenvalue weighted by molar-refractivity contribution is 0.152. The van der Waals surface area contributed by atoms with Gasteiger partial charge in [0.15, 0.2) is 0 Å². The van der Waals surface area contributed by atoms with Crippen LogP contribution in [0.15, 0.2) is 24.3 Å². The molecule has 188 valence electrons. The fourth-order valence-electron chi connectivity index (χ4n) is 4.60. The predicted molar refractivity (Wildman–Crippen MR) is 140 cm³/mol. The summed E-state index contributed by atoms with van der Waals surface area (Å²) in [4.78, 5) is 22.4. The van der Waals surface area contributed by atoms with Gasteiger partial charge in [0.25, 0.3) is 0 Å². The van der Waals surface area contributed by atoms with Crippen LogP contribution >= 0.6 is 0 Å². The molecular weight excluding hydrogens is 410 g/mol. The number of carbonyl (C=O) groups excluding carboxylic acids is 1. The van der Waals surface area contributed by atoms with Crippen LogP contribution in [0.1, 0.15) is 65.0 Å². The quantitative estimate of drug-likeness (QED) is 0.451. The minimum Gasteiger partial charge on any atom is -0.334 e. The zero-order chi connectivity index (χ0) is 24.1. The van der Waals surface area contributed by atoms with E-state index in [1.54, 1.807) is 0 Å². The molecule has 6 nitrogen and oxygen atoms in total. The highest BCUT2D eigenvalue weighted by atomic mass is 16.2. The van der Waals surface area contributed by atoms with E-state index in [1.165, 1.54) is 31.4 Å². The van der Waals surface area contributed by atoms with Crippen LogP contribution in [-0.4, -0.2) is 90.6 Å². The Labute approximate surface area is 203 Å². The van der Waals surface area contributed by atoms with Gasteiger partial charge in [-0.1, -0.05) is 58.4 Å². The van der Waals surface area contributed by atoms with Gasteiger partial charge in [0.2, 0.25) is 0 Å². The smallest absolute Gasteiger partial charge is 0.317 e. The van der Waals surface area contributed by atoms with Gasteiger partial charge in [-0.05, 0) is 63.6 Å². The molecule has 0 radical (unpaired) electrons. The molecule has 0 bridgehead atoms. The van der Waals surface area contributed by atoms with Crippen molar-refractivity contribution in [3.05, 3.63) is 35.4 Å². The number of rotatable bonds is 14.